The zero-order chi connectivity index (χ0) is 22.1. The Bertz CT molecular complexity index is 913. The van der Waals surface area contributed by atoms with Gasteiger partial charge in [0.2, 0.25) is 5.91 Å². The van der Waals surface area contributed by atoms with Gasteiger partial charge in [-0.2, -0.15) is 8.78 Å². The Morgan fingerprint density at radius 2 is 2.00 bits per heavy atom. The van der Waals surface area contributed by atoms with E-state index < -0.39 is 30.1 Å². The Balaban J connectivity index is 1.87. The highest BCUT2D eigenvalue weighted by molar-refractivity contribution is 7.99. The third-order valence-corrected chi connectivity index (χ3v) is 4.41. The number of esters is 1. The highest BCUT2D eigenvalue weighted by Crippen LogP contribution is 2.26. The maximum Gasteiger partial charge on any atom is 0.341 e. The molecular weight excluding hydrogens is 420 g/mol. The number of ether oxygens (including phenoxy) is 2. The smallest absolute Gasteiger partial charge is 0.341 e. The van der Waals surface area contributed by atoms with Crippen molar-refractivity contribution in [1.82, 2.24) is 9.88 Å². The average molecular weight is 439 g/mol. The van der Waals surface area contributed by atoms with Crippen molar-refractivity contribution in [2.45, 2.75) is 10.8 Å². The van der Waals surface area contributed by atoms with E-state index in [1.54, 1.807) is 24.3 Å². The fourth-order valence-corrected chi connectivity index (χ4v) is 2.81. The fourth-order valence-electron chi connectivity index (χ4n) is 2.24. The number of hydrogen-bond acceptors (Lipinski definition) is 7. The summed E-state index contributed by atoms with van der Waals surface area (Å²) in [6.07, 6.45) is 1.27. The lowest BCUT2D eigenvalue weighted by Crippen LogP contribution is -2.37. The molecule has 2 aromatic rings. The van der Waals surface area contributed by atoms with Crippen LogP contribution in [0.25, 0.3) is 0 Å². The van der Waals surface area contributed by atoms with Crippen LogP contribution in [0, 0.1) is 0 Å². The second-order valence-corrected chi connectivity index (χ2v) is 6.82. The van der Waals surface area contributed by atoms with E-state index in [4.69, 9.17) is 9.47 Å². The second-order valence-electron chi connectivity index (χ2n) is 5.84. The number of likely N-dealkylation sites (N-methyl/N-ethyl adjacent to an activating group) is 1. The van der Waals surface area contributed by atoms with Gasteiger partial charge in [0.05, 0.1) is 19.2 Å². The molecule has 0 saturated heterocycles. The van der Waals surface area contributed by atoms with Crippen molar-refractivity contribution in [2.24, 2.45) is 0 Å². The molecule has 1 N–H and O–H groups in total. The van der Waals surface area contributed by atoms with Crippen LogP contribution in [0.3, 0.4) is 0 Å². The number of carbonyl (C=O) groups excluding carboxylic acids is 3. The molecule has 0 unspecified atom stereocenters. The zero-order valence-electron chi connectivity index (χ0n) is 16.1. The van der Waals surface area contributed by atoms with Crippen LogP contribution in [-0.2, 0) is 14.3 Å². The van der Waals surface area contributed by atoms with E-state index >= 15 is 0 Å². The molecule has 0 spiro atoms. The van der Waals surface area contributed by atoms with E-state index in [1.165, 1.54) is 32.5 Å². The number of nitrogens with zero attached hydrogens (tertiary/aromatic N) is 2. The summed E-state index contributed by atoms with van der Waals surface area (Å²) < 4.78 is 35.1. The Morgan fingerprint density at radius 1 is 1.23 bits per heavy atom. The van der Waals surface area contributed by atoms with Gasteiger partial charge in [-0.3, -0.25) is 9.59 Å². The summed E-state index contributed by atoms with van der Waals surface area (Å²) >= 11 is 0.103. The minimum atomic E-state index is -2.76. The summed E-state index contributed by atoms with van der Waals surface area (Å²) in [6, 6.07) is 9.35. The number of alkyl halides is 2. The number of hydrogen-bond donors (Lipinski definition) is 1. The van der Waals surface area contributed by atoms with Crippen LogP contribution >= 0.6 is 11.8 Å². The molecule has 1 aromatic carbocycles. The maximum absolute atomic E-state index is 12.6. The molecular formula is C19H19F2N3O5S. The zero-order valence-corrected chi connectivity index (χ0v) is 16.9. The predicted molar refractivity (Wildman–Crippen MR) is 106 cm³/mol. The van der Waals surface area contributed by atoms with Crippen molar-refractivity contribution >= 4 is 35.2 Å². The van der Waals surface area contributed by atoms with E-state index in [0.29, 0.717) is 11.4 Å². The summed E-state index contributed by atoms with van der Waals surface area (Å²) in [6.45, 7) is -0.942. The van der Waals surface area contributed by atoms with Gasteiger partial charge in [0.15, 0.2) is 6.61 Å². The summed E-state index contributed by atoms with van der Waals surface area (Å²) in [5.41, 5.74) is 0.321. The first kappa shape index (κ1) is 23.1. The topological polar surface area (TPSA) is 97.8 Å². The van der Waals surface area contributed by atoms with E-state index in [0.717, 1.165) is 4.90 Å². The number of aromatic nitrogens is 1. The molecule has 2 rings (SSSR count). The lowest BCUT2D eigenvalue weighted by Gasteiger charge is -2.17. The highest BCUT2D eigenvalue weighted by Gasteiger charge is 2.20. The van der Waals surface area contributed by atoms with Crippen LogP contribution in [0.5, 0.6) is 5.75 Å². The van der Waals surface area contributed by atoms with Crippen molar-refractivity contribution in [3.05, 3.63) is 48.2 Å². The summed E-state index contributed by atoms with van der Waals surface area (Å²) in [5, 5.41) is 2.42. The van der Waals surface area contributed by atoms with Crippen LogP contribution in [0.1, 0.15) is 10.4 Å². The van der Waals surface area contributed by atoms with E-state index in [-0.39, 0.29) is 28.9 Å². The van der Waals surface area contributed by atoms with Gasteiger partial charge >= 0.3 is 5.97 Å². The Hall–Kier alpha value is -3.21. The number of nitrogens with one attached hydrogen (secondary N) is 1. The third-order valence-electron chi connectivity index (χ3n) is 3.68. The molecule has 0 saturated carbocycles. The number of rotatable bonds is 9. The number of anilines is 1. The average Bonchev–Trinajstić information content (AvgIpc) is 2.71. The minimum Gasteiger partial charge on any atom is -0.497 e. The number of pyridine rings is 1. The lowest BCUT2D eigenvalue weighted by molar-refractivity contribution is -0.136. The largest absolute Gasteiger partial charge is 0.497 e. The molecule has 0 aliphatic rings. The quantitative estimate of drug-likeness (QED) is 0.474. The molecule has 0 radical (unpaired) electrons. The van der Waals surface area contributed by atoms with Crippen molar-refractivity contribution in [1.29, 1.82) is 0 Å². The number of carbonyl (C=O) groups is 3. The van der Waals surface area contributed by atoms with Gasteiger partial charge in [-0.25, -0.2) is 9.78 Å². The Kier molecular flexibility index (Phi) is 8.54. The van der Waals surface area contributed by atoms with Crippen LogP contribution < -0.4 is 10.1 Å². The third kappa shape index (κ3) is 6.99. The first-order chi connectivity index (χ1) is 14.3. The number of methoxy groups -OCH3 is 1. The van der Waals surface area contributed by atoms with Gasteiger partial charge in [-0.05, 0) is 36.0 Å². The molecule has 11 heteroatoms. The molecule has 0 aliphatic heterocycles. The number of benzene rings is 1. The van der Waals surface area contributed by atoms with E-state index in [2.05, 4.69) is 10.3 Å². The molecule has 0 fully saturated rings. The fraction of sp³-hybridized carbons (Fsp3) is 0.263. The normalized spacial score (nSPS) is 10.4. The lowest BCUT2D eigenvalue weighted by atomic mass is 10.3. The molecule has 0 aliphatic carbocycles. The van der Waals surface area contributed by atoms with Crippen LogP contribution in [0.4, 0.5) is 14.5 Å². The van der Waals surface area contributed by atoms with Gasteiger partial charge in [-0.15, -0.1) is 0 Å². The van der Waals surface area contributed by atoms with Gasteiger partial charge in [0.25, 0.3) is 11.7 Å². The molecule has 30 heavy (non-hydrogen) atoms. The molecule has 8 nitrogen and oxygen atoms in total. The first-order valence-corrected chi connectivity index (χ1v) is 9.43. The van der Waals surface area contributed by atoms with Gasteiger partial charge in [-0.1, -0.05) is 6.07 Å². The Morgan fingerprint density at radius 3 is 2.70 bits per heavy atom. The standard InChI is InChI=1S/C19H19F2N3O5S/c1-24(10-15(25)23-12-5-3-6-13(9-12)28-2)16(26)11-29-18(27)14-7-4-8-22-17(14)30-19(20)21/h3-9,19H,10-11H2,1-2H3,(H,23,25). The van der Waals surface area contributed by atoms with Gasteiger partial charge in [0.1, 0.15) is 10.8 Å². The monoisotopic (exact) mass is 439 g/mol. The molecule has 160 valence electrons. The molecule has 0 bridgehead atoms. The van der Waals surface area contributed by atoms with Crippen molar-refractivity contribution in [3.8, 4) is 5.75 Å². The molecule has 2 amide bonds. The number of halogens is 2. The number of amides is 2. The van der Waals surface area contributed by atoms with Crippen molar-refractivity contribution in [3.63, 3.8) is 0 Å². The van der Waals surface area contributed by atoms with Crippen molar-refractivity contribution < 1.29 is 32.6 Å². The van der Waals surface area contributed by atoms with Gasteiger partial charge in [0, 0.05) is 25.0 Å². The van der Waals surface area contributed by atoms with E-state index in [1.807, 2.05) is 0 Å². The SMILES string of the molecule is COc1cccc(NC(=O)CN(C)C(=O)COC(=O)c2cccnc2SC(F)F)c1. The highest BCUT2D eigenvalue weighted by atomic mass is 32.2. The van der Waals surface area contributed by atoms with Crippen LogP contribution in [0.2, 0.25) is 0 Å². The first-order valence-electron chi connectivity index (χ1n) is 8.55. The predicted octanol–water partition coefficient (Wildman–Crippen LogP) is 2.66. The van der Waals surface area contributed by atoms with Crippen LogP contribution in [-0.4, -0.2) is 60.7 Å². The summed E-state index contributed by atoms with van der Waals surface area (Å²) in [7, 11) is 2.86. The number of thioether (sulfide) groups is 1. The molecule has 1 heterocycles. The Labute approximate surface area is 175 Å². The maximum atomic E-state index is 12.6. The minimum absolute atomic E-state index is 0.103. The van der Waals surface area contributed by atoms with Crippen LogP contribution in [0.15, 0.2) is 47.6 Å². The van der Waals surface area contributed by atoms with E-state index in [9.17, 15) is 23.2 Å². The summed E-state index contributed by atoms with van der Waals surface area (Å²) in [4.78, 5) is 41.1. The molecule has 1 aromatic heterocycles. The second kappa shape index (κ2) is 11.1. The molecule has 0 atom stereocenters. The summed E-state index contributed by atoms with van der Waals surface area (Å²) in [5.74, 6) is -4.27. The van der Waals surface area contributed by atoms with Crippen molar-refractivity contribution in [2.75, 3.05) is 32.6 Å². The van der Waals surface area contributed by atoms with Gasteiger partial charge < -0.3 is 19.7 Å².